The average Bonchev–Trinajstić information content (AvgIpc) is 2.92. The molecule has 1 aliphatic rings. The second-order valence-electron chi connectivity index (χ2n) is 5.67. The van der Waals surface area contributed by atoms with E-state index in [1.54, 1.807) is 0 Å². The summed E-state index contributed by atoms with van der Waals surface area (Å²) in [5.41, 5.74) is -3.33. The van der Waals surface area contributed by atoms with E-state index in [1.165, 1.54) is 6.07 Å². The van der Waals surface area contributed by atoms with Crippen molar-refractivity contribution in [2.24, 2.45) is 0 Å². The number of aromatic nitrogens is 1. The predicted molar refractivity (Wildman–Crippen MR) is 72.6 cm³/mol. The van der Waals surface area contributed by atoms with Crippen molar-refractivity contribution in [3.8, 4) is 11.8 Å². The van der Waals surface area contributed by atoms with Crippen molar-refractivity contribution in [1.82, 2.24) is 4.57 Å². The number of rotatable bonds is 1. The first-order chi connectivity index (χ1) is 11.6. The maximum atomic E-state index is 14.1. The summed E-state index contributed by atoms with van der Waals surface area (Å²) in [6, 6.07) is 4.49. The van der Waals surface area contributed by atoms with Crippen LogP contribution < -0.4 is 0 Å². The Morgan fingerprint density at radius 3 is 2.52 bits per heavy atom. The zero-order valence-electron chi connectivity index (χ0n) is 12.3. The molecular weight excluding hydrogens is 353 g/mol. The molecule has 2 aromatic rings. The first-order valence-corrected chi connectivity index (χ1v) is 7.09. The predicted octanol–water partition coefficient (Wildman–Crippen LogP) is 5.10. The van der Waals surface area contributed by atoms with Gasteiger partial charge in [-0.1, -0.05) is 0 Å². The highest BCUT2D eigenvalue weighted by Crippen LogP contribution is 2.50. The topological polar surface area (TPSA) is 28.7 Å². The standard InChI is InChI=1S/C16H9F7N2/c17-11-2-1-9(5-8(11)6-24)25-7-10(16(21,22)23)13-12(25)3-4-15(19,20)14(13)18/h1-2,5,7,14H,3-4H2/t14-/m0/s1. The summed E-state index contributed by atoms with van der Waals surface area (Å²) in [7, 11) is 0. The van der Waals surface area contributed by atoms with Gasteiger partial charge in [-0.2, -0.15) is 18.4 Å². The molecular formula is C16H9F7N2. The van der Waals surface area contributed by atoms with E-state index < -0.39 is 53.6 Å². The van der Waals surface area contributed by atoms with Crippen LogP contribution in [-0.4, -0.2) is 10.5 Å². The van der Waals surface area contributed by atoms with E-state index in [0.717, 1.165) is 22.8 Å². The Bertz CT molecular complexity index is 874. The average molecular weight is 362 g/mol. The molecule has 0 bridgehead atoms. The van der Waals surface area contributed by atoms with Crippen LogP contribution in [0.5, 0.6) is 0 Å². The Hall–Kier alpha value is -2.50. The summed E-state index contributed by atoms with van der Waals surface area (Å²) in [5.74, 6) is -4.78. The largest absolute Gasteiger partial charge is 0.418 e. The van der Waals surface area contributed by atoms with Crippen molar-refractivity contribution < 1.29 is 30.7 Å². The van der Waals surface area contributed by atoms with Crippen molar-refractivity contribution >= 4 is 0 Å². The molecule has 25 heavy (non-hydrogen) atoms. The van der Waals surface area contributed by atoms with Crippen molar-refractivity contribution in [2.45, 2.75) is 31.1 Å². The Labute approximate surface area is 137 Å². The van der Waals surface area contributed by atoms with Gasteiger partial charge in [0.05, 0.1) is 11.1 Å². The highest BCUT2D eigenvalue weighted by atomic mass is 19.4. The maximum absolute atomic E-state index is 14.1. The van der Waals surface area contributed by atoms with Gasteiger partial charge in [0.1, 0.15) is 11.9 Å². The Morgan fingerprint density at radius 2 is 1.92 bits per heavy atom. The van der Waals surface area contributed by atoms with Gasteiger partial charge in [0, 0.05) is 29.6 Å². The van der Waals surface area contributed by atoms with Gasteiger partial charge in [0.2, 0.25) is 0 Å². The van der Waals surface area contributed by atoms with Gasteiger partial charge in [-0.25, -0.2) is 17.6 Å². The monoisotopic (exact) mass is 362 g/mol. The van der Waals surface area contributed by atoms with Crippen LogP contribution >= 0.6 is 0 Å². The molecule has 0 N–H and O–H groups in total. The first kappa shape index (κ1) is 17.3. The van der Waals surface area contributed by atoms with Crippen molar-refractivity contribution in [3.05, 3.63) is 52.6 Å². The summed E-state index contributed by atoms with van der Waals surface area (Å²) >= 11 is 0. The first-order valence-electron chi connectivity index (χ1n) is 7.09. The van der Waals surface area contributed by atoms with Crippen LogP contribution in [0.1, 0.15) is 35.0 Å². The molecule has 0 saturated carbocycles. The van der Waals surface area contributed by atoms with Crippen molar-refractivity contribution in [1.29, 1.82) is 5.26 Å². The lowest BCUT2D eigenvalue weighted by Gasteiger charge is -2.28. The molecule has 9 heteroatoms. The van der Waals surface area contributed by atoms with Gasteiger partial charge >= 0.3 is 6.18 Å². The summed E-state index contributed by atoms with van der Waals surface area (Å²) < 4.78 is 95.2. The third kappa shape index (κ3) is 2.75. The minimum absolute atomic E-state index is 0.0397. The highest BCUT2D eigenvalue weighted by Gasteiger charge is 2.51. The molecule has 1 atom stereocenters. The molecule has 2 nitrogen and oxygen atoms in total. The molecule has 0 unspecified atom stereocenters. The number of fused-ring (bicyclic) bond motifs is 1. The van der Waals surface area contributed by atoms with E-state index >= 15 is 0 Å². The molecule has 1 aromatic heterocycles. The van der Waals surface area contributed by atoms with Crippen LogP contribution in [0, 0.1) is 17.1 Å². The van der Waals surface area contributed by atoms with Crippen molar-refractivity contribution in [3.63, 3.8) is 0 Å². The lowest BCUT2D eigenvalue weighted by molar-refractivity contribution is -0.141. The Balaban J connectivity index is 2.26. The van der Waals surface area contributed by atoms with Gasteiger partial charge in [0.25, 0.3) is 5.92 Å². The normalized spacial score (nSPS) is 19.4. The van der Waals surface area contributed by atoms with Gasteiger partial charge in [0.15, 0.2) is 6.17 Å². The van der Waals surface area contributed by atoms with Crippen LogP contribution in [0.2, 0.25) is 0 Å². The molecule has 0 amide bonds. The molecule has 3 rings (SSSR count). The van der Waals surface area contributed by atoms with Crippen LogP contribution in [0.15, 0.2) is 24.4 Å². The summed E-state index contributed by atoms with van der Waals surface area (Å²) in [6.45, 7) is 0. The van der Waals surface area contributed by atoms with Gasteiger partial charge < -0.3 is 4.57 Å². The molecule has 132 valence electrons. The van der Waals surface area contributed by atoms with E-state index in [4.69, 9.17) is 5.26 Å². The maximum Gasteiger partial charge on any atom is 0.418 e. The number of hydrogen-bond donors (Lipinski definition) is 0. The number of nitrogens with zero attached hydrogens (tertiary/aromatic N) is 2. The van der Waals surface area contributed by atoms with Crippen LogP contribution in [0.3, 0.4) is 0 Å². The van der Waals surface area contributed by atoms with E-state index in [9.17, 15) is 30.7 Å². The molecule has 0 spiro atoms. The quantitative estimate of drug-likeness (QED) is 0.649. The summed E-state index contributed by atoms with van der Waals surface area (Å²) in [6.07, 6.45) is -9.06. The fourth-order valence-electron chi connectivity index (χ4n) is 2.93. The third-order valence-corrected chi connectivity index (χ3v) is 4.12. The summed E-state index contributed by atoms with van der Waals surface area (Å²) in [5, 5.41) is 8.83. The third-order valence-electron chi connectivity index (χ3n) is 4.12. The molecule has 0 aliphatic heterocycles. The van der Waals surface area contributed by atoms with Gasteiger partial charge in [-0.15, -0.1) is 0 Å². The fraction of sp³-hybridized carbons (Fsp3) is 0.312. The number of benzene rings is 1. The molecule has 0 fully saturated rings. The Morgan fingerprint density at radius 1 is 1.24 bits per heavy atom. The number of alkyl halides is 6. The fourth-order valence-corrected chi connectivity index (χ4v) is 2.93. The van der Waals surface area contributed by atoms with Gasteiger partial charge in [-0.05, 0) is 24.6 Å². The SMILES string of the molecule is N#Cc1cc(-n2cc(C(F)(F)F)c3c2CCC(F)(F)[C@H]3F)ccc1F. The minimum Gasteiger partial charge on any atom is -0.320 e. The van der Waals surface area contributed by atoms with E-state index in [-0.39, 0.29) is 11.4 Å². The lowest BCUT2D eigenvalue weighted by atomic mass is 9.90. The lowest BCUT2D eigenvalue weighted by Crippen LogP contribution is -2.31. The van der Waals surface area contributed by atoms with Crippen molar-refractivity contribution in [2.75, 3.05) is 0 Å². The molecule has 0 saturated heterocycles. The Kier molecular flexibility index (Phi) is 3.82. The molecule has 1 aliphatic carbocycles. The zero-order chi connectivity index (χ0) is 18.6. The molecule has 0 radical (unpaired) electrons. The van der Waals surface area contributed by atoms with Gasteiger partial charge in [-0.3, -0.25) is 0 Å². The van der Waals surface area contributed by atoms with Crippen LogP contribution in [0.25, 0.3) is 5.69 Å². The second-order valence-corrected chi connectivity index (χ2v) is 5.67. The number of halogens is 7. The smallest absolute Gasteiger partial charge is 0.320 e. The van der Waals surface area contributed by atoms with E-state index in [2.05, 4.69) is 0 Å². The minimum atomic E-state index is -5.04. The van der Waals surface area contributed by atoms with Crippen LogP contribution in [-0.2, 0) is 12.6 Å². The molecule has 1 heterocycles. The van der Waals surface area contributed by atoms with E-state index in [0.29, 0.717) is 6.20 Å². The van der Waals surface area contributed by atoms with E-state index in [1.807, 2.05) is 0 Å². The highest BCUT2D eigenvalue weighted by molar-refractivity contribution is 5.49. The number of hydrogen-bond acceptors (Lipinski definition) is 1. The second kappa shape index (κ2) is 5.51. The molecule has 1 aromatic carbocycles. The summed E-state index contributed by atoms with van der Waals surface area (Å²) in [4.78, 5) is 0. The zero-order valence-corrected chi connectivity index (χ0v) is 12.3. The van der Waals surface area contributed by atoms with Crippen LogP contribution in [0.4, 0.5) is 30.7 Å². The number of nitriles is 1.